The van der Waals surface area contributed by atoms with Crippen molar-refractivity contribution >= 4 is 12.0 Å². The van der Waals surface area contributed by atoms with Gasteiger partial charge in [0.1, 0.15) is 0 Å². The average molecular weight is 268 g/mol. The summed E-state index contributed by atoms with van der Waals surface area (Å²) >= 11 is 0. The third-order valence-electron chi connectivity index (χ3n) is 3.60. The van der Waals surface area contributed by atoms with E-state index in [9.17, 15) is 4.79 Å². The second kappa shape index (κ2) is 5.33. The standard InChI is InChI=1S/C16H16N2O2/c19-16(20)9-8-12-4-3-5-13(10-12)18-11-17-14-6-1-2-7-15(14)18/h3-5,8-11H,1-2,6-7H2,(H,19,20)/b9-8+. The number of imidazole rings is 1. The predicted octanol–water partition coefficient (Wildman–Crippen LogP) is 2.85. The molecule has 0 atom stereocenters. The number of rotatable bonds is 3. The molecule has 0 saturated heterocycles. The lowest BCUT2D eigenvalue weighted by molar-refractivity contribution is -0.131. The number of aryl methyl sites for hydroxylation is 1. The monoisotopic (exact) mass is 268 g/mol. The van der Waals surface area contributed by atoms with Gasteiger partial charge in [-0.05, 0) is 49.5 Å². The molecule has 0 unspecified atom stereocenters. The van der Waals surface area contributed by atoms with Gasteiger partial charge in [0, 0.05) is 17.5 Å². The fourth-order valence-electron chi connectivity index (χ4n) is 2.64. The summed E-state index contributed by atoms with van der Waals surface area (Å²) in [6, 6.07) is 7.84. The molecule has 20 heavy (non-hydrogen) atoms. The highest BCUT2D eigenvalue weighted by atomic mass is 16.4. The maximum atomic E-state index is 10.6. The molecule has 1 heterocycles. The summed E-state index contributed by atoms with van der Waals surface area (Å²) in [6.45, 7) is 0. The molecule has 1 aliphatic rings. The molecule has 102 valence electrons. The third kappa shape index (κ3) is 2.50. The highest BCUT2D eigenvalue weighted by Gasteiger charge is 2.15. The van der Waals surface area contributed by atoms with Crippen molar-refractivity contribution < 1.29 is 9.90 Å². The number of carbonyl (C=O) groups is 1. The molecule has 1 aromatic carbocycles. The van der Waals surface area contributed by atoms with Crippen LogP contribution in [-0.2, 0) is 17.6 Å². The van der Waals surface area contributed by atoms with Crippen LogP contribution in [0.15, 0.2) is 36.7 Å². The van der Waals surface area contributed by atoms with E-state index >= 15 is 0 Å². The zero-order chi connectivity index (χ0) is 13.9. The van der Waals surface area contributed by atoms with Crippen LogP contribution in [0.3, 0.4) is 0 Å². The van der Waals surface area contributed by atoms with Gasteiger partial charge < -0.3 is 9.67 Å². The van der Waals surface area contributed by atoms with Gasteiger partial charge >= 0.3 is 5.97 Å². The zero-order valence-electron chi connectivity index (χ0n) is 11.1. The van der Waals surface area contributed by atoms with E-state index in [0.29, 0.717) is 0 Å². The van der Waals surface area contributed by atoms with Crippen LogP contribution in [0, 0.1) is 0 Å². The maximum absolute atomic E-state index is 10.6. The fourth-order valence-corrected chi connectivity index (χ4v) is 2.64. The third-order valence-corrected chi connectivity index (χ3v) is 3.60. The SMILES string of the molecule is O=C(O)/C=C/c1cccc(-n2cnc3c2CCCC3)c1. The number of carboxylic acids is 1. The van der Waals surface area contributed by atoms with Crippen LogP contribution in [0.25, 0.3) is 11.8 Å². The van der Waals surface area contributed by atoms with E-state index in [1.54, 1.807) is 6.08 Å². The first kappa shape index (κ1) is 12.7. The predicted molar refractivity (Wildman–Crippen MR) is 76.9 cm³/mol. The minimum Gasteiger partial charge on any atom is -0.478 e. The molecule has 1 N–H and O–H groups in total. The van der Waals surface area contributed by atoms with Crippen molar-refractivity contribution in [2.45, 2.75) is 25.7 Å². The van der Waals surface area contributed by atoms with Gasteiger partial charge in [-0.2, -0.15) is 0 Å². The highest BCUT2D eigenvalue weighted by molar-refractivity contribution is 5.85. The van der Waals surface area contributed by atoms with Crippen LogP contribution in [-0.4, -0.2) is 20.6 Å². The minimum absolute atomic E-state index is 0.878. The van der Waals surface area contributed by atoms with Crippen molar-refractivity contribution in [3.05, 3.63) is 53.6 Å². The summed E-state index contributed by atoms with van der Waals surface area (Å²) < 4.78 is 2.12. The Morgan fingerprint density at radius 1 is 1.30 bits per heavy atom. The Labute approximate surface area is 117 Å². The molecular formula is C16H16N2O2. The smallest absolute Gasteiger partial charge is 0.328 e. The molecular weight excluding hydrogens is 252 g/mol. The van der Waals surface area contributed by atoms with E-state index in [1.165, 1.54) is 24.2 Å². The molecule has 0 radical (unpaired) electrons. The van der Waals surface area contributed by atoms with E-state index in [1.807, 2.05) is 30.6 Å². The molecule has 0 amide bonds. The summed E-state index contributed by atoms with van der Waals surface area (Å²) in [5.41, 5.74) is 4.40. The molecule has 2 aromatic rings. The highest BCUT2D eigenvalue weighted by Crippen LogP contribution is 2.23. The summed E-state index contributed by atoms with van der Waals surface area (Å²) in [5, 5.41) is 8.68. The van der Waals surface area contributed by atoms with Crippen LogP contribution in [0.4, 0.5) is 0 Å². The van der Waals surface area contributed by atoms with E-state index in [0.717, 1.165) is 30.2 Å². The van der Waals surface area contributed by atoms with Gasteiger partial charge in [0.05, 0.1) is 12.0 Å². The molecule has 1 aromatic heterocycles. The number of fused-ring (bicyclic) bond motifs is 1. The average Bonchev–Trinajstić information content (AvgIpc) is 2.89. The number of nitrogens with zero attached hydrogens (tertiary/aromatic N) is 2. The molecule has 3 rings (SSSR count). The van der Waals surface area contributed by atoms with Gasteiger partial charge in [-0.1, -0.05) is 12.1 Å². The lowest BCUT2D eigenvalue weighted by atomic mass is 10.0. The second-order valence-electron chi connectivity index (χ2n) is 4.98. The van der Waals surface area contributed by atoms with E-state index < -0.39 is 5.97 Å². The molecule has 0 bridgehead atoms. The van der Waals surface area contributed by atoms with Crippen molar-refractivity contribution in [2.75, 3.05) is 0 Å². The first-order valence-corrected chi connectivity index (χ1v) is 6.80. The molecule has 4 heteroatoms. The Balaban J connectivity index is 1.96. The Morgan fingerprint density at radius 3 is 3.00 bits per heavy atom. The Bertz CT molecular complexity index is 671. The Hall–Kier alpha value is -2.36. The van der Waals surface area contributed by atoms with E-state index in [4.69, 9.17) is 5.11 Å². The van der Waals surface area contributed by atoms with Crippen LogP contribution >= 0.6 is 0 Å². The van der Waals surface area contributed by atoms with Gasteiger partial charge in [-0.25, -0.2) is 9.78 Å². The number of aromatic nitrogens is 2. The molecule has 0 spiro atoms. The van der Waals surface area contributed by atoms with Crippen molar-refractivity contribution in [3.8, 4) is 5.69 Å². The largest absolute Gasteiger partial charge is 0.478 e. The van der Waals surface area contributed by atoms with Crippen LogP contribution in [0.2, 0.25) is 0 Å². The first-order chi connectivity index (χ1) is 9.74. The number of aliphatic carboxylic acids is 1. The van der Waals surface area contributed by atoms with Crippen LogP contribution in [0.1, 0.15) is 29.8 Å². The number of benzene rings is 1. The molecule has 1 aliphatic carbocycles. The Morgan fingerprint density at radius 2 is 2.15 bits per heavy atom. The Kier molecular flexibility index (Phi) is 3.37. The van der Waals surface area contributed by atoms with Gasteiger partial charge in [-0.3, -0.25) is 0 Å². The fraction of sp³-hybridized carbons (Fsp3) is 0.250. The van der Waals surface area contributed by atoms with Gasteiger partial charge in [-0.15, -0.1) is 0 Å². The number of hydrogen-bond acceptors (Lipinski definition) is 2. The van der Waals surface area contributed by atoms with Crippen molar-refractivity contribution in [3.63, 3.8) is 0 Å². The van der Waals surface area contributed by atoms with Crippen molar-refractivity contribution in [1.29, 1.82) is 0 Å². The lowest BCUT2D eigenvalue weighted by Gasteiger charge is -2.14. The normalized spacial score (nSPS) is 14.4. The van der Waals surface area contributed by atoms with E-state index in [-0.39, 0.29) is 0 Å². The molecule has 0 saturated carbocycles. The van der Waals surface area contributed by atoms with Gasteiger partial charge in [0.15, 0.2) is 0 Å². The molecule has 0 fully saturated rings. The van der Waals surface area contributed by atoms with Gasteiger partial charge in [0.25, 0.3) is 0 Å². The van der Waals surface area contributed by atoms with Crippen molar-refractivity contribution in [1.82, 2.24) is 9.55 Å². The molecule has 0 aliphatic heterocycles. The first-order valence-electron chi connectivity index (χ1n) is 6.80. The number of hydrogen-bond donors (Lipinski definition) is 1. The summed E-state index contributed by atoms with van der Waals surface area (Å²) in [4.78, 5) is 15.1. The minimum atomic E-state index is -0.935. The zero-order valence-corrected chi connectivity index (χ0v) is 11.1. The van der Waals surface area contributed by atoms with Crippen LogP contribution in [0.5, 0.6) is 0 Å². The van der Waals surface area contributed by atoms with Gasteiger partial charge in [0.2, 0.25) is 0 Å². The van der Waals surface area contributed by atoms with Crippen LogP contribution < -0.4 is 0 Å². The summed E-state index contributed by atoms with van der Waals surface area (Å²) in [6.07, 6.45) is 9.17. The molecule has 4 nitrogen and oxygen atoms in total. The number of carboxylic acid groups (broad SMARTS) is 1. The quantitative estimate of drug-likeness (QED) is 0.871. The maximum Gasteiger partial charge on any atom is 0.328 e. The second-order valence-corrected chi connectivity index (χ2v) is 4.98. The summed E-state index contributed by atoms with van der Waals surface area (Å²) in [5.74, 6) is -0.935. The van der Waals surface area contributed by atoms with Crippen molar-refractivity contribution in [2.24, 2.45) is 0 Å². The lowest BCUT2D eigenvalue weighted by Crippen LogP contribution is -2.06. The topological polar surface area (TPSA) is 55.1 Å². The summed E-state index contributed by atoms with van der Waals surface area (Å²) in [7, 11) is 0. The van der Waals surface area contributed by atoms with E-state index in [2.05, 4.69) is 9.55 Å².